The van der Waals surface area contributed by atoms with Gasteiger partial charge in [0.1, 0.15) is 0 Å². The molecule has 0 amide bonds. The number of nitrogen functional groups attached to an aromatic ring is 1. The molecule has 2 rings (SSSR count). The van der Waals surface area contributed by atoms with Crippen molar-refractivity contribution in [1.29, 1.82) is 0 Å². The minimum absolute atomic E-state index is 0.787. The van der Waals surface area contributed by atoms with Gasteiger partial charge in [0.15, 0.2) is 0 Å². The Hall–Kier alpha value is -1.47. The molecule has 0 fully saturated rings. The van der Waals surface area contributed by atoms with Crippen LogP contribution in [0.4, 0.5) is 5.69 Å². The smallest absolute Gasteiger partial charge is 0.0473 e. The Kier molecular flexibility index (Phi) is 3.12. The van der Waals surface area contributed by atoms with E-state index in [4.69, 9.17) is 17.3 Å². The fourth-order valence-corrected chi connectivity index (χ4v) is 2.28. The van der Waals surface area contributed by atoms with E-state index in [1.54, 1.807) is 0 Å². The molecule has 0 aliphatic carbocycles. The molecule has 2 N–H and O–H groups in total. The molecule has 0 aliphatic heterocycles. The van der Waals surface area contributed by atoms with Gasteiger partial charge in [-0.15, -0.1) is 0 Å². The van der Waals surface area contributed by atoms with Gasteiger partial charge in [-0.1, -0.05) is 35.9 Å². The molecule has 2 aromatic rings. The maximum atomic E-state index is 6.35. The van der Waals surface area contributed by atoms with E-state index in [0.29, 0.717) is 0 Å². The lowest BCUT2D eigenvalue weighted by molar-refractivity contribution is 1.30. The summed E-state index contributed by atoms with van der Waals surface area (Å²) in [7, 11) is 0. The molecule has 0 radical (unpaired) electrons. The molecule has 1 nitrogen and oxygen atoms in total. The van der Waals surface area contributed by atoms with E-state index in [1.165, 1.54) is 5.56 Å². The van der Waals surface area contributed by atoms with Crippen LogP contribution in [-0.2, 0) is 0 Å². The van der Waals surface area contributed by atoms with Gasteiger partial charge >= 0.3 is 0 Å². The van der Waals surface area contributed by atoms with Crippen LogP contribution in [0, 0.1) is 20.8 Å². The van der Waals surface area contributed by atoms with Gasteiger partial charge < -0.3 is 5.73 Å². The number of halogens is 1. The van der Waals surface area contributed by atoms with Crippen LogP contribution < -0.4 is 5.73 Å². The number of nitrogens with two attached hydrogens (primary N) is 1. The zero-order chi connectivity index (χ0) is 12.6. The normalized spacial score (nSPS) is 10.6. The van der Waals surface area contributed by atoms with Gasteiger partial charge in [0.05, 0.1) is 0 Å². The molecule has 0 heterocycles. The molecule has 0 unspecified atom stereocenters. The van der Waals surface area contributed by atoms with E-state index < -0.39 is 0 Å². The van der Waals surface area contributed by atoms with Crippen molar-refractivity contribution in [3.63, 3.8) is 0 Å². The first kappa shape index (κ1) is 12.0. The standard InChI is InChI=1S/C15H16ClN/c1-9-8-13(11(3)15(16)10(9)2)12-6-4-5-7-14(12)17/h4-8H,17H2,1-3H3. The minimum atomic E-state index is 0.787. The highest BCUT2D eigenvalue weighted by Crippen LogP contribution is 2.35. The van der Waals surface area contributed by atoms with E-state index >= 15 is 0 Å². The highest BCUT2D eigenvalue weighted by molar-refractivity contribution is 6.32. The first-order valence-electron chi connectivity index (χ1n) is 5.63. The molecule has 0 saturated heterocycles. The molecule has 0 atom stereocenters. The van der Waals surface area contributed by atoms with Crippen molar-refractivity contribution >= 4 is 17.3 Å². The van der Waals surface area contributed by atoms with Gasteiger partial charge in [-0.3, -0.25) is 0 Å². The summed E-state index contributed by atoms with van der Waals surface area (Å²) in [5, 5.41) is 0.836. The Balaban J connectivity index is 2.73. The van der Waals surface area contributed by atoms with E-state index in [1.807, 2.05) is 38.1 Å². The number of para-hydroxylation sites is 1. The molecule has 2 aromatic carbocycles. The van der Waals surface area contributed by atoms with Crippen LogP contribution in [0.1, 0.15) is 16.7 Å². The monoisotopic (exact) mass is 245 g/mol. The van der Waals surface area contributed by atoms with Gasteiger partial charge in [-0.25, -0.2) is 0 Å². The van der Waals surface area contributed by atoms with Crippen LogP contribution in [0.2, 0.25) is 5.02 Å². The summed E-state index contributed by atoms with van der Waals surface area (Å²) in [5.41, 5.74) is 12.4. The quantitative estimate of drug-likeness (QED) is 0.735. The minimum Gasteiger partial charge on any atom is -0.398 e. The van der Waals surface area contributed by atoms with Crippen molar-refractivity contribution in [3.8, 4) is 11.1 Å². The third-order valence-corrected chi connectivity index (χ3v) is 3.83. The van der Waals surface area contributed by atoms with Crippen molar-refractivity contribution in [3.05, 3.63) is 52.0 Å². The Morgan fingerprint density at radius 2 is 1.59 bits per heavy atom. The van der Waals surface area contributed by atoms with Crippen LogP contribution >= 0.6 is 11.6 Å². The Bertz CT molecular complexity index is 573. The largest absolute Gasteiger partial charge is 0.398 e. The Morgan fingerprint density at radius 3 is 2.24 bits per heavy atom. The van der Waals surface area contributed by atoms with Crippen LogP contribution in [0.15, 0.2) is 30.3 Å². The van der Waals surface area contributed by atoms with Crippen LogP contribution in [0.25, 0.3) is 11.1 Å². The molecule has 0 bridgehead atoms. The van der Waals surface area contributed by atoms with Gasteiger partial charge in [-0.2, -0.15) is 0 Å². The predicted octanol–water partition coefficient (Wildman–Crippen LogP) is 4.51. The average Bonchev–Trinajstić information content (AvgIpc) is 2.32. The van der Waals surface area contributed by atoms with E-state index in [0.717, 1.165) is 33.0 Å². The SMILES string of the molecule is Cc1cc(-c2ccccc2N)c(C)c(Cl)c1C. The highest BCUT2D eigenvalue weighted by Gasteiger charge is 2.11. The molecular formula is C15H16ClN. The zero-order valence-corrected chi connectivity index (χ0v) is 11.1. The van der Waals surface area contributed by atoms with Gasteiger partial charge in [0.25, 0.3) is 0 Å². The van der Waals surface area contributed by atoms with Crippen molar-refractivity contribution < 1.29 is 0 Å². The summed E-state index contributed by atoms with van der Waals surface area (Å²) in [6, 6.07) is 10.0. The second-order valence-corrected chi connectivity index (χ2v) is 4.77. The van der Waals surface area contributed by atoms with Gasteiger partial charge in [0.2, 0.25) is 0 Å². The lowest BCUT2D eigenvalue weighted by Crippen LogP contribution is -1.95. The topological polar surface area (TPSA) is 26.0 Å². The summed E-state index contributed by atoms with van der Waals surface area (Å²) in [6.45, 7) is 6.16. The first-order chi connectivity index (χ1) is 8.02. The average molecular weight is 246 g/mol. The Morgan fingerprint density at radius 1 is 0.941 bits per heavy atom. The number of rotatable bonds is 1. The number of benzene rings is 2. The van der Waals surface area contributed by atoms with E-state index in [-0.39, 0.29) is 0 Å². The third-order valence-electron chi connectivity index (χ3n) is 3.27. The van der Waals surface area contributed by atoms with Gasteiger partial charge in [-0.05, 0) is 49.1 Å². The Labute approximate surface area is 107 Å². The van der Waals surface area contributed by atoms with Crippen LogP contribution in [-0.4, -0.2) is 0 Å². The van der Waals surface area contributed by atoms with Crippen molar-refractivity contribution in [2.75, 3.05) is 5.73 Å². The lowest BCUT2D eigenvalue weighted by Gasteiger charge is -2.14. The van der Waals surface area contributed by atoms with E-state index in [9.17, 15) is 0 Å². The zero-order valence-electron chi connectivity index (χ0n) is 10.3. The van der Waals surface area contributed by atoms with Crippen molar-refractivity contribution in [2.45, 2.75) is 20.8 Å². The molecule has 2 heteroatoms. The molecule has 0 spiro atoms. The molecular weight excluding hydrogens is 230 g/mol. The molecule has 0 aromatic heterocycles. The van der Waals surface area contributed by atoms with E-state index in [2.05, 4.69) is 13.0 Å². The highest BCUT2D eigenvalue weighted by atomic mass is 35.5. The van der Waals surface area contributed by atoms with Crippen LogP contribution in [0.5, 0.6) is 0 Å². The second-order valence-electron chi connectivity index (χ2n) is 4.39. The summed E-state index contributed by atoms with van der Waals surface area (Å²) in [5.74, 6) is 0. The summed E-state index contributed by atoms with van der Waals surface area (Å²) in [6.07, 6.45) is 0. The van der Waals surface area contributed by atoms with Crippen molar-refractivity contribution in [1.82, 2.24) is 0 Å². The number of hydrogen-bond donors (Lipinski definition) is 1. The van der Waals surface area contributed by atoms with Crippen molar-refractivity contribution in [2.24, 2.45) is 0 Å². The second kappa shape index (κ2) is 4.42. The molecule has 17 heavy (non-hydrogen) atoms. The fraction of sp³-hybridized carbons (Fsp3) is 0.200. The predicted molar refractivity (Wildman–Crippen MR) is 75.5 cm³/mol. The lowest BCUT2D eigenvalue weighted by atomic mass is 9.94. The fourth-order valence-electron chi connectivity index (χ4n) is 2.03. The summed E-state index contributed by atoms with van der Waals surface area (Å²) >= 11 is 6.35. The maximum Gasteiger partial charge on any atom is 0.0473 e. The maximum absolute atomic E-state index is 6.35. The summed E-state index contributed by atoms with van der Waals surface area (Å²) in [4.78, 5) is 0. The number of anilines is 1. The van der Waals surface area contributed by atoms with Crippen LogP contribution in [0.3, 0.4) is 0 Å². The molecule has 0 saturated carbocycles. The third kappa shape index (κ3) is 2.03. The number of aryl methyl sites for hydroxylation is 1. The first-order valence-corrected chi connectivity index (χ1v) is 6.01. The summed E-state index contributed by atoms with van der Waals surface area (Å²) < 4.78 is 0. The number of hydrogen-bond acceptors (Lipinski definition) is 1. The molecule has 88 valence electrons. The van der Waals surface area contributed by atoms with Gasteiger partial charge in [0, 0.05) is 16.3 Å². The molecule has 0 aliphatic rings.